The number of hydrogen-bond donors (Lipinski definition) is 3. The van der Waals surface area contributed by atoms with Crippen LogP contribution in [0.4, 0.5) is 5.69 Å². The fraction of sp³-hybridized carbons (Fsp3) is 0.579. The van der Waals surface area contributed by atoms with Crippen molar-refractivity contribution < 1.29 is 9.59 Å². The fourth-order valence-corrected chi connectivity index (χ4v) is 3.24. The van der Waals surface area contributed by atoms with Crippen LogP contribution in [0.15, 0.2) is 18.2 Å². The average Bonchev–Trinajstić information content (AvgIpc) is 3.04. The minimum atomic E-state index is -0.489. The monoisotopic (exact) mass is 331 g/mol. The number of anilines is 1. The predicted octanol–water partition coefficient (Wildman–Crippen LogP) is 2.66. The number of hydrogen-bond acceptors (Lipinski definition) is 3. The Labute approximate surface area is 144 Å². The first-order valence-corrected chi connectivity index (χ1v) is 8.82. The molecule has 24 heavy (non-hydrogen) atoms. The van der Waals surface area contributed by atoms with Crippen LogP contribution in [-0.2, 0) is 9.59 Å². The normalized spacial score (nSPS) is 16.0. The molecule has 1 saturated carbocycles. The first kappa shape index (κ1) is 18.5. The molecular weight excluding hydrogens is 302 g/mol. The zero-order valence-electron chi connectivity index (χ0n) is 14.8. The number of carbonyl (C=O) groups is 2. The summed E-state index contributed by atoms with van der Waals surface area (Å²) < 4.78 is 0. The maximum absolute atomic E-state index is 12.9. The molecule has 5 heteroatoms. The molecule has 0 aromatic heterocycles. The van der Waals surface area contributed by atoms with Gasteiger partial charge in [-0.15, -0.1) is 0 Å². The quantitative estimate of drug-likeness (QED) is 0.718. The second-order valence-electron chi connectivity index (χ2n) is 6.91. The van der Waals surface area contributed by atoms with E-state index in [1.54, 1.807) is 0 Å². The Balaban J connectivity index is 2.01. The molecule has 0 atom stereocenters. The van der Waals surface area contributed by atoms with E-state index >= 15 is 0 Å². The third kappa shape index (κ3) is 4.57. The van der Waals surface area contributed by atoms with E-state index in [-0.39, 0.29) is 11.8 Å². The highest BCUT2D eigenvalue weighted by molar-refractivity contribution is 5.96. The van der Waals surface area contributed by atoms with Gasteiger partial charge in [-0.25, -0.2) is 0 Å². The topological polar surface area (TPSA) is 84.2 Å². The van der Waals surface area contributed by atoms with Crippen molar-refractivity contribution in [2.24, 2.45) is 11.1 Å². The maximum atomic E-state index is 12.9. The predicted molar refractivity (Wildman–Crippen MR) is 96.7 cm³/mol. The van der Waals surface area contributed by atoms with Crippen LogP contribution in [0.5, 0.6) is 0 Å². The van der Waals surface area contributed by atoms with Crippen molar-refractivity contribution in [2.45, 2.75) is 52.4 Å². The zero-order valence-corrected chi connectivity index (χ0v) is 14.8. The van der Waals surface area contributed by atoms with Gasteiger partial charge in [0, 0.05) is 18.7 Å². The third-order valence-electron chi connectivity index (χ3n) is 5.04. The largest absolute Gasteiger partial charge is 0.355 e. The highest BCUT2D eigenvalue weighted by Gasteiger charge is 2.41. The summed E-state index contributed by atoms with van der Waals surface area (Å²) in [5.74, 6) is -0.00640. The molecule has 1 aromatic carbocycles. The molecule has 0 radical (unpaired) electrons. The van der Waals surface area contributed by atoms with Crippen LogP contribution < -0.4 is 16.4 Å². The molecule has 0 heterocycles. The molecule has 1 aromatic rings. The first-order valence-electron chi connectivity index (χ1n) is 8.82. The van der Waals surface area contributed by atoms with Gasteiger partial charge >= 0.3 is 0 Å². The van der Waals surface area contributed by atoms with E-state index < -0.39 is 5.41 Å². The molecule has 1 aliphatic carbocycles. The molecular formula is C19H29N3O2. The summed E-state index contributed by atoms with van der Waals surface area (Å²) in [5.41, 5.74) is 8.13. The Kier molecular flexibility index (Phi) is 6.37. The van der Waals surface area contributed by atoms with E-state index in [0.717, 1.165) is 36.9 Å². The molecule has 0 unspecified atom stereocenters. The number of aryl methyl sites for hydroxylation is 2. The van der Waals surface area contributed by atoms with Crippen LogP contribution in [-0.4, -0.2) is 24.9 Å². The van der Waals surface area contributed by atoms with Gasteiger partial charge in [0.1, 0.15) is 0 Å². The van der Waals surface area contributed by atoms with Crippen molar-refractivity contribution in [3.8, 4) is 0 Å². The molecule has 0 aliphatic heterocycles. The molecule has 1 fully saturated rings. The summed E-state index contributed by atoms with van der Waals surface area (Å²) in [7, 11) is 0. The third-order valence-corrected chi connectivity index (χ3v) is 5.04. The lowest BCUT2D eigenvalue weighted by atomic mass is 9.84. The molecule has 4 N–H and O–H groups in total. The van der Waals surface area contributed by atoms with Gasteiger partial charge in [-0.3, -0.25) is 9.59 Å². The number of rotatable bonds is 7. The van der Waals surface area contributed by atoms with Gasteiger partial charge in [0.05, 0.1) is 5.41 Å². The first-order chi connectivity index (χ1) is 11.5. The molecule has 0 saturated heterocycles. The van der Waals surface area contributed by atoms with Crippen molar-refractivity contribution in [1.82, 2.24) is 5.32 Å². The second-order valence-corrected chi connectivity index (χ2v) is 6.91. The molecule has 5 nitrogen and oxygen atoms in total. The van der Waals surface area contributed by atoms with Gasteiger partial charge < -0.3 is 16.4 Å². The Morgan fingerprint density at radius 1 is 1.17 bits per heavy atom. The summed E-state index contributed by atoms with van der Waals surface area (Å²) in [6.45, 7) is 5.00. The summed E-state index contributed by atoms with van der Waals surface area (Å²) in [6.07, 6.45) is 4.79. The number of carbonyl (C=O) groups excluding carboxylic acids is 2. The molecule has 0 bridgehead atoms. The lowest BCUT2D eigenvalue weighted by molar-refractivity contribution is -0.126. The number of amides is 2. The van der Waals surface area contributed by atoms with Crippen LogP contribution in [0.1, 0.15) is 49.7 Å². The molecule has 0 spiro atoms. The molecule has 132 valence electrons. The average molecular weight is 331 g/mol. The Morgan fingerprint density at radius 3 is 2.50 bits per heavy atom. The van der Waals surface area contributed by atoms with E-state index in [4.69, 9.17) is 5.73 Å². The number of nitrogens with two attached hydrogens (primary N) is 1. The molecule has 2 amide bonds. The van der Waals surface area contributed by atoms with Crippen LogP contribution in [0.2, 0.25) is 0 Å². The summed E-state index contributed by atoms with van der Waals surface area (Å²) >= 11 is 0. The summed E-state index contributed by atoms with van der Waals surface area (Å²) in [6, 6.07) is 5.94. The van der Waals surface area contributed by atoms with Crippen LogP contribution >= 0.6 is 0 Å². The van der Waals surface area contributed by atoms with E-state index in [9.17, 15) is 9.59 Å². The van der Waals surface area contributed by atoms with E-state index in [0.29, 0.717) is 25.9 Å². The maximum Gasteiger partial charge on any atom is 0.232 e. The van der Waals surface area contributed by atoms with Crippen LogP contribution in [0.3, 0.4) is 0 Å². The van der Waals surface area contributed by atoms with Crippen molar-refractivity contribution in [3.05, 3.63) is 29.3 Å². The summed E-state index contributed by atoms with van der Waals surface area (Å²) in [4.78, 5) is 24.7. The minimum Gasteiger partial charge on any atom is -0.355 e. The Bertz CT molecular complexity index is 592. The van der Waals surface area contributed by atoms with Crippen molar-refractivity contribution in [3.63, 3.8) is 0 Å². The van der Waals surface area contributed by atoms with Crippen LogP contribution in [0, 0.1) is 19.3 Å². The molecule has 1 aliphatic rings. The van der Waals surface area contributed by atoms with Gasteiger partial charge in [-0.1, -0.05) is 18.9 Å². The van der Waals surface area contributed by atoms with Gasteiger partial charge in [-0.05, 0) is 62.9 Å². The lowest BCUT2D eigenvalue weighted by Crippen LogP contribution is -2.44. The fourth-order valence-electron chi connectivity index (χ4n) is 3.24. The minimum absolute atomic E-state index is 0.0161. The smallest absolute Gasteiger partial charge is 0.232 e. The van der Waals surface area contributed by atoms with Crippen LogP contribution in [0.25, 0.3) is 0 Å². The second kappa shape index (κ2) is 8.29. The summed E-state index contributed by atoms with van der Waals surface area (Å²) in [5, 5.41) is 5.98. The molecule has 2 rings (SSSR count). The SMILES string of the molecule is Cc1ccc(NC(=O)C2(CNC(=O)CCCN)CCCC2)cc1C. The van der Waals surface area contributed by atoms with Gasteiger partial charge in [0.2, 0.25) is 11.8 Å². The highest BCUT2D eigenvalue weighted by atomic mass is 16.2. The zero-order chi connectivity index (χ0) is 17.6. The van der Waals surface area contributed by atoms with Crippen molar-refractivity contribution in [2.75, 3.05) is 18.4 Å². The van der Waals surface area contributed by atoms with Crippen molar-refractivity contribution >= 4 is 17.5 Å². The van der Waals surface area contributed by atoms with E-state index in [1.165, 1.54) is 5.56 Å². The van der Waals surface area contributed by atoms with E-state index in [2.05, 4.69) is 17.6 Å². The number of nitrogens with one attached hydrogen (secondary N) is 2. The van der Waals surface area contributed by atoms with Crippen molar-refractivity contribution in [1.29, 1.82) is 0 Å². The Morgan fingerprint density at radius 2 is 1.88 bits per heavy atom. The van der Waals surface area contributed by atoms with E-state index in [1.807, 2.05) is 25.1 Å². The van der Waals surface area contributed by atoms with Gasteiger partial charge in [-0.2, -0.15) is 0 Å². The van der Waals surface area contributed by atoms with Gasteiger partial charge in [0.25, 0.3) is 0 Å². The lowest BCUT2D eigenvalue weighted by Gasteiger charge is -2.28. The standard InChI is InChI=1S/C19H29N3O2/c1-14-7-8-16(12-15(14)2)22-18(24)19(9-3-4-10-19)13-21-17(23)6-5-11-20/h7-8,12H,3-6,9-11,13,20H2,1-2H3,(H,21,23)(H,22,24). The van der Waals surface area contributed by atoms with Gasteiger partial charge in [0.15, 0.2) is 0 Å². The number of benzene rings is 1. The highest BCUT2D eigenvalue weighted by Crippen LogP contribution is 2.38. The Hall–Kier alpha value is -1.88.